The van der Waals surface area contributed by atoms with Gasteiger partial charge in [0.2, 0.25) is 11.8 Å². The molecule has 3 saturated heterocycles. The molecular formula is C19H19N3O4. The Morgan fingerprint density at radius 1 is 1.19 bits per heavy atom. The van der Waals surface area contributed by atoms with Crippen molar-refractivity contribution in [3.8, 4) is 5.75 Å². The second-order valence-corrected chi connectivity index (χ2v) is 7.10. The normalized spacial score (nSPS) is 29.5. The highest BCUT2D eigenvalue weighted by Gasteiger charge is 2.62. The van der Waals surface area contributed by atoms with E-state index in [4.69, 9.17) is 9.47 Å². The van der Waals surface area contributed by atoms with Gasteiger partial charge < -0.3 is 9.47 Å². The van der Waals surface area contributed by atoms with Gasteiger partial charge in [0.1, 0.15) is 5.75 Å². The molecule has 3 aliphatic heterocycles. The summed E-state index contributed by atoms with van der Waals surface area (Å²) >= 11 is 0. The van der Waals surface area contributed by atoms with Crippen molar-refractivity contribution in [1.29, 1.82) is 0 Å². The van der Waals surface area contributed by atoms with Gasteiger partial charge in [-0.2, -0.15) is 5.10 Å². The predicted octanol–water partition coefficient (Wildman–Crippen LogP) is 1.61. The summed E-state index contributed by atoms with van der Waals surface area (Å²) in [5.74, 6) is -0.143. The number of amides is 2. The Morgan fingerprint density at radius 3 is 2.62 bits per heavy atom. The van der Waals surface area contributed by atoms with E-state index < -0.39 is 0 Å². The number of nitrogens with zero attached hydrogens (tertiary/aromatic N) is 3. The molecule has 0 saturated carbocycles. The third-order valence-corrected chi connectivity index (χ3v) is 5.64. The average molecular weight is 353 g/mol. The molecule has 0 aliphatic carbocycles. The fourth-order valence-electron chi connectivity index (χ4n) is 4.48. The zero-order chi connectivity index (χ0) is 17.8. The minimum Gasteiger partial charge on any atom is -0.497 e. The maximum atomic E-state index is 12.8. The van der Waals surface area contributed by atoms with Crippen LogP contribution in [0.3, 0.4) is 0 Å². The number of benzene rings is 1. The van der Waals surface area contributed by atoms with Gasteiger partial charge in [-0.15, -0.1) is 0 Å². The van der Waals surface area contributed by atoms with E-state index in [0.29, 0.717) is 12.2 Å². The van der Waals surface area contributed by atoms with Crippen LogP contribution < -0.4 is 9.64 Å². The van der Waals surface area contributed by atoms with Crippen molar-refractivity contribution in [1.82, 2.24) is 9.78 Å². The van der Waals surface area contributed by atoms with Gasteiger partial charge in [0.25, 0.3) is 0 Å². The van der Waals surface area contributed by atoms with Crippen LogP contribution in [0.1, 0.15) is 18.4 Å². The monoisotopic (exact) mass is 353 g/mol. The fourth-order valence-corrected chi connectivity index (χ4v) is 4.48. The van der Waals surface area contributed by atoms with Crippen molar-refractivity contribution in [2.45, 2.75) is 31.6 Å². The van der Waals surface area contributed by atoms with Gasteiger partial charge in [-0.1, -0.05) is 12.1 Å². The summed E-state index contributed by atoms with van der Waals surface area (Å²) in [4.78, 5) is 26.9. The van der Waals surface area contributed by atoms with Gasteiger partial charge in [0, 0.05) is 6.20 Å². The minimum absolute atomic E-state index is 0.0988. The first-order valence-corrected chi connectivity index (χ1v) is 8.84. The molecule has 1 aromatic carbocycles. The molecular weight excluding hydrogens is 334 g/mol. The van der Waals surface area contributed by atoms with E-state index in [-0.39, 0.29) is 35.9 Å². The Labute approximate surface area is 150 Å². The third kappa shape index (κ3) is 2.20. The number of carbonyl (C=O) groups is 2. The number of carbonyl (C=O) groups excluding carboxylic acids is 2. The fraction of sp³-hybridized carbons (Fsp3) is 0.421. The molecule has 4 atom stereocenters. The number of hydrogen-bond donors (Lipinski definition) is 0. The standard InChI is InChI=1S/C19H19N3O4/c1-25-13-4-2-3-11(7-13)9-21-10-12(8-20-21)22-18(23)16-14-5-6-15(26-14)17(16)19(22)24/h2-4,7-8,10,14-17H,5-6,9H2,1H3/t14-,15+,16-,17-/m0/s1. The molecule has 134 valence electrons. The largest absolute Gasteiger partial charge is 0.497 e. The van der Waals surface area contributed by atoms with Crippen LogP contribution in [0.5, 0.6) is 5.75 Å². The quantitative estimate of drug-likeness (QED) is 0.781. The van der Waals surface area contributed by atoms with Gasteiger partial charge >= 0.3 is 0 Å². The van der Waals surface area contributed by atoms with Gasteiger partial charge in [0.05, 0.1) is 49.6 Å². The summed E-state index contributed by atoms with van der Waals surface area (Å²) in [7, 11) is 1.63. The van der Waals surface area contributed by atoms with Crippen LogP contribution in [0.25, 0.3) is 0 Å². The number of rotatable bonds is 4. The lowest BCUT2D eigenvalue weighted by Gasteiger charge is -2.15. The van der Waals surface area contributed by atoms with Crippen molar-refractivity contribution in [3.63, 3.8) is 0 Å². The number of ether oxygens (including phenoxy) is 2. The van der Waals surface area contributed by atoms with Crippen LogP contribution in [0.2, 0.25) is 0 Å². The smallest absolute Gasteiger partial charge is 0.240 e. The van der Waals surface area contributed by atoms with Crippen molar-refractivity contribution in [2.75, 3.05) is 12.0 Å². The molecule has 3 fully saturated rings. The van der Waals surface area contributed by atoms with Crippen molar-refractivity contribution in [2.24, 2.45) is 11.8 Å². The molecule has 2 aromatic rings. The summed E-state index contributed by atoms with van der Waals surface area (Å²) in [6, 6.07) is 7.72. The van der Waals surface area contributed by atoms with Crippen LogP contribution in [0.15, 0.2) is 36.7 Å². The van der Waals surface area contributed by atoms with Gasteiger partial charge in [0.15, 0.2) is 0 Å². The molecule has 7 heteroatoms. The highest BCUT2D eigenvalue weighted by molar-refractivity contribution is 6.22. The van der Waals surface area contributed by atoms with E-state index in [1.165, 1.54) is 4.90 Å². The van der Waals surface area contributed by atoms with E-state index >= 15 is 0 Å². The van der Waals surface area contributed by atoms with Gasteiger partial charge in [-0.05, 0) is 30.5 Å². The first kappa shape index (κ1) is 15.6. The zero-order valence-corrected chi connectivity index (χ0v) is 14.4. The molecule has 0 N–H and O–H groups in total. The molecule has 0 radical (unpaired) electrons. The highest BCUT2D eigenvalue weighted by atomic mass is 16.5. The summed E-state index contributed by atoms with van der Waals surface area (Å²) < 4.78 is 12.7. The maximum absolute atomic E-state index is 12.8. The van der Waals surface area contributed by atoms with E-state index in [0.717, 1.165) is 24.2 Å². The summed E-state index contributed by atoms with van der Waals surface area (Å²) in [6.45, 7) is 0.536. The summed E-state index contributed by atoms with van der Waals surface area (Å²) in [5, 5.41) is 4.33. The van der Waals surface area contributed by atoms with Crippen molar-refractivity contribution in [3.05, 3.63) is 42.2 Å². The molecule has 1 aromatic heterocycles. The van der Waals surface area contributed by atoms with Gasteiger partial charge in [-0.3, -0.25) is 14.3 Å². The van der Waals surface area contributed by atoms with E-state index in [1.54, 1.807) is 24.2 Å². The van der Waals surface area contributed by atoms with Crippen molar-refractivity contribution >= 4 is 17.5 Å². The number of aromatic nitrogens is 2. The van der Waals surface area contributed by atoms with Crippen LogP contribution in [0.4, 0.5) is 5.69 Å². The van der Waals surface area contributed by atoms with E-state index in [9.17, 15) is 9.59 Å². The average Bonchev–Trinajstić information content (AvgIpc) is 3.40. The Morgan fingerprint density at radius 2 is 1.92 bits per heavy atom. The molecule has 2 bridgehead atoms. The van der Waals surface area contributed by atoms with E-state index in [2.05, 4.69) is 5.10 Å². The van der Waals surface area contributed by atoms with Crippen LogP contribution in [0, 0.1) is 11.8 Å². The number of hydrogen-bond acceptors (Lipinski definition) is 5. The lowest BCUT2D eigenvalue weighted by atomic mass is 9.81. The maximum Gasteiger partial charge on any atom is 0.240 e. The second kappa shape index (κ2) is 5.67. The first-order chi connectivity index (χ1) is 12.7. The Kier molecular flexibility index (Phi) is 3.40. The third-order valence-electron chi connectivity index (χ3n) is 5.64. The molecule has 5 rings (SSSR count). The number of fused-ring (bicyclic) bond motifs is 5. The number of anilines is 1. The Balaban J connectivity index is 1.38. The Bertz CT molecular complexity index is 864. The van der Waals surface area contributed by atoms with E-state index in [1.807, 2.05) is 24.3 Å². The first-order valence-electron chi connectivity index (χ1n) is 8.84. The Hall–Kier alpha value is -2.67. The minimum atomic E-state index is -0.317. The molecule has 26 heavy (non-hydrogen) atoms. The van der Waals surface area contributed by atoms with Crippen molar-refractivity contribution < 1.29 is 19.1 Å². The summed E-state index contributed by atoms with van der Waals surface area (Å²) in [5.41, 5.74) is 1.57. The lowest BCUT2D eigenvalue weighted by Crippen LogP contribution is -2.33. The highest BCUT2D eigenvalue weighted by Crippen LogP contribution is 2.49. The zero-order valence-electron chi connectivity index (χ0n) is 14.4. The lowest BCUT2D eigenvalue weighted by molar-refractivity contribution is -0.124. The second-order valence-electron chi connectivity index (χ2n) is 7.10. The van der Waals surface area contributed by atoms with Crippen LogP contribution in [-0.4, -0.2) is 40.9 Å². The molecule has 2 amide bonds. The topological polar surface area (TPSA) is 73.7 Å². The van der Waals surface area contributed by atoms with Crippen LogP contribution >= 0.6 is 0 Å². The summed E-state index contributed by atoms with van der Waals surface area (Å²) in [6.07, 6.45) is 4.87. The SMILES string of the molecule is COc1cccc(Cn2cc(N3C(=O)[C@@H]4[C@@H](C3=O)[C@H]3CC[C@@H]4O3)cn2)c1. The molecule has 4 heterocycles. The molecule has 3 aliphatic rings. The molecule has 0 spiro atoms. The van der Waals surface area contributed by atoms with Gasteiger partial charge in [-0.25, -0.2) is 4.90 Å². The molecule has 7 nitrogen and oxygen atoms in total. The number of methoxy groups -OCH3 is 1. The molecule has 0 unspecified atom stereocenters. The number of imide groups is 1. The predicted molar refractivity (Wildman–Crippen MR) is 91.7 cm³/mol. The van der Waals surface area contributed by atoms with Crippen LogP contribution in [-0.2, 0) is 20.9 Å².